The van der Waals surface area contributed by atoms with E-state index in [1.807, 2.05) is 18.7 Å². The Morgan fingerprint density at radius 3 is 2.23 bits per heavy atom. The van der Waals surface area contributed by atoms with Crippen molar-refractivity contribution < 1.29 is 13.2 Å². The predicted molar refractivity (Wildman–Crippen MR) is 116 cm³/mol. The normalized spacial score (nSPS) is 19.3. The van der Waals surface area contributed by atoms with Crippen molar-refractivity contribution in [2.24, 2.45) is 5.92 Å². The lowest BCUT2D eigenvalue weighted by atomic mass is 9.95. The predicted octanol–water partition coefficient (Wildman–Crippen LogP) is 1.90. The minimum atomic E-state index is -3.50. The highest BCUT2D eigenvalue weighted by Gasteiger charge is 2.35. The Balaban J connectivity index is 1.32. The summed E-state index contributed by atoms with van der Waals surface area (Å²) in [6.07, 6.45) is 4.99. The molecule has 2 aromatic heterocycles. The van der Waals surface area contributed by atoms with E-state index in [0.717, 1.165) is 35.7 Å². The molecule has 8 nitrogen and oxygen atoms in total. The van der Waals surface area contributed by atoms with Gasteiger partial charge in [0, 0.05) is 67.3 Å². The van der Waals surface area contributed by atoms with Gasteiger partial charge in [-0.25, -0.2) is 18.4 Å². The van der Waals surface area contributed by atoms with E-state index in [4.69, 9.17) is 0 Å². The number of hydrogen-bond donors (Lipinski definition) is 0. The smallest absolute Gasteiger partial charge is 0.244 e. The van der Waals surface area contributed by atoms with Gasteiger partial charge in [0.05, 0.1) is 4.90 Å². The molecule has 2 fully saturated rings. The van der Waals surface area contributed by atoms with Gasteiger partial charge in [-0.3, -0.25) is 4.79 Å². The zero-order valence-electron chi connectivity index (χ0n) is 17.3. The van der Waals surface area contributed by atoms with Crippen molar-refractivity contribution in [3.8, 4) is 0 Å². The molecule has 1 amide bonds. The molecule has 30 heavy (non-hydrogen) atoms. The number of aryl methyl sites for hydroxylation is 2. The molecule has 0 radical (unpaired) electrons. The number of thiophene rings is 1. The first-order valence-electron chi connectivity index (χ1n) is 10.2. The van der Waals surface area contributed by atoms with Gasteiger partial charge in [0.1, 0.15) is 0 Å². The monoisotopic (exact) mass is 449 g/mol. The molecule has 0 saturated carbocycles. The van der Waals surface area contributed by atoms with Gasteiger partial charge in [-0.1, -0.05) is 0 Å². The third-order valence-corrected chi connectivity index (χ3v) is 8.96. The lowest BCUT2D eigenvalue weighted by Gasteiger charge is -2.38. The molecule has 162 valence electrons. The fraction of sp³-hybridized carbons (Fsp3) is 0.550. The number of hydrogen-bond acceptors (Lipinski definition) is 7. The van der Waals surface area contributed by atoms with Crippen LogP contribution in [0.4, 0.5) is 5.95 Å². The number of nitrogens with zero attached hydrogens (tertiary/aromatic N) is 5. The molecule has 2 aliphatic heterocycles. The standard InChI is InChI=1S/C20H27N5O3S2/c1-15-14-18(16(2)29-15)30(27,28)25-12-10-23(11-13-25)19(26)17-4-8-24(9-5-17)20-21-6-3-7-22-20/h3,6-7,14,17H,4-5,8-13H2,1-2H3. The first-order valence-corrected chi connectivity index (χ1v) is 12.5. The quantitative estimate of drug-likeness (QED) is 0.709. The largest absolute Gasteiger partial charge is 0.341 e. The maximum absolute atomic E-state index is 13.0. The van der Waals surface area contributed by atoms with Gasteiger partial charge in [0.2, 0.25) is 21.9 Å². The molecule has 2 aliphatic rings. The fourth-order valence-electron chi connectivity index (χ4n) is 4.19. The van der Waals surface area contributed by atoms with Crippen LogP contribution in [-0.2, 0) is 14.8 Å². The summed E-state index contributed by atoms with van der Waals surface area (Å²) in [5.74, 6) is 0.833. The zero-order valence-corrected chi connectivity index (χ0v) is 19.0. The molecule has 0 aromatic carbocycles. The Labute approximate surface area is 181 Å². The average molecular weight is 450 g/mol. The van der Waals surface area contributed by atoms with E-state index in [1.54, 1.807) is 24.5 Å². The lowest BCUT2D eigenvalue weighted by molar-refractivity contribution is -0.137. The van der Waals surface area contributed by atoms with Gasteiger partial charge in [0.15, 0.2) is 0 Å². The van der Waals surface area contributed by atoms with Crippen LogP contribution in [0.25, 0.3) is 0 Å². The van der Waals surface area contributed by atoms with Gasteiger partial charge < -0.3 is 9.80 Å². The zero-order chi connectivity index (χ0) is 21.3. The van der Waals surface area contributed by atoms with E-state index in [1.165, 1.54) is 15.6 Å². The Kier molecular flexibility index (Phi) is 6.08. The van der Waals surface area contributed by atoms with Crippen LogP contribution in [0.5, 0.6) is 0 Å². The first-order chi connectivity index (χ1) is 14.4. The number of piperidine rings is 1. The number of amides is 1. The average Bonchev–Trinajstić information content (AvgIpc) is 3.13. The van der Waals surface area contributed by atoms with E-state index < -0.39 is 10.0 Å². The highest BCUT2D eigenvalue weighted by Crippen LogP contribution is 2.29. The Hall–Kier alpha value is -2.04. The second-order valence-electron chi connectivity index (χ2n) is 7.82. The molecular formula is C20H27N5O3S2. The minimum Gasteiger partial charge on any atom is -0.341 e. The molecule has 0 unspecified atom stereocenters. The van der Waals surface area contributed by atoms with Crippen molar-refractivity contribution in [2.75, 3.05) is 44.2 Å². The molecule has 2 aromatic rings. The van der Waals surface area contributed by atoms with Crippen LogP contribution in [-0.4, -0.2) is 72.8 Å². The van der Waals surface area contributed by atoms with Crippen LogP contribution in [0, 0.1) is 19.8 Å². The summed E-state index contributed by atoms with van der Waals surface area (Å²) in [5.41, 5.74) is 0. The topological polar surface area (TPSA) is 86.7 Å². The molecule has 2 saturated heterocycles. The van der Waals surface area contributed by atoms with E-state index in [-0.39, 0.29) is 11.8 Å². The highest BCUT2D eigenvalue weighted by atomic mass is 32.2. The molecule has 4 rings (SSSR count). The molecule has 0 atom stereocenters. The Bertz CT molecular complexity index is 993. The van der Waals surface area contributed by atoms with Crippen LogP contribution < -0.4 is 4.90 Å². The molecule has 0 N–H and O–H groups in total. The Morgan fingerprint density at radius 1 is 1.03 bits per heavy atom. The lowest BCUT2D eigenvalue weighted by Crippen LogP contribution is -2.53. The van der Waals surface area contributed by atoms with Crippen LogP contribution in [0.3, 0.4) is 0 Å². The van der Waals surface area contributed by atoms with Gasteiger partial charge in [-0.05, 0) is 38.8 Å². The Morgan fingerprint density at radius 2 is 1.67 bits per heavy atom. The van der Waals surface area contributed by atoms with Gasteiger partial charge >= 0.3 is 0 Å². The fourth-order valence-corrected chi connectivity index (χ4v) is 7.14. The van der Waals surface area contributed by atoms with Crippen molar-refractivity contribution in [1.82, 2.24) is 19.2 Å². The third kappa shape index (κ3) is 4.21. The van der Waals surface area contributed by atoms with E-state index in [2.05, 4.69) is 14.9 Å². The molecule has 10 heteroatoms. The van der Waals surface area contributed by atoms with Gasteiger partial charge in [-0.15, -0.1) is 11.3 Å². The molecule has 0 aliphatic carbocycles. The molecule has 0 bridgehead atoms. The van der Waals surface area contributed by atoms with E-state index >= 15 is 0 Å². The van der Waals surface area contributed by atoms with E-state index in [0.29, 0.717) is 37.0 Å². The summed E-state index contributed by atoms with van der Waals surface area (Å²) in [5, 5.41) is 0. The van der Waals surface area contributed by atoms with Crippen molar-refractivity contribution >= 4 is 33.2 Å². The summed E-state index contributed by atoms with van der Waals surface area (Å²) < 4.78 is 27.5. The number of rotatable bonds is 4. The van der Waals surface area contributed by atoms with Gasteiger partial charge in [-0.2, -0.15) is 4.31 Å². The molecular weight excluding hydrogens is 422 g/mol. The summed E-state index contributed by atoms with van der Waals surface area (Å²) in [4.78, 5) is 27.7. The summed E-state index contributed by atoms with van der Waals surface area (Å²) >= 11 is 1.50. The van der Waals surface area contributed by atoms with Crippen LogP contribution in [0.15, 0.2) is 29.4 Å². The number of carbonyl (C=O) groups excluding carboxylic acids is 1. The maximum atomic E-state index is 13.0. The number of anilines is 1. The summed E-state index contributed by atoms with van der Waals surface area (Å²) in [7, 11) is -3.50. The van der Waals surface area contributed by atoms with Crippen molar-refractivity contribution in [3.63, 3.8) is 0 Å². The van der Waals surface area contributed by atoms with Crippen molar-refractivity contribution in [3.05, 3.63) is 34.3 Å². The maximum Gasteiger partial charge on any atom is 0.244 e. The third-order valence-electron chi connectivity index (χ3n) is 5.84. The molecule has 0 spiro atoms. The molecule has 4 heterocycles. The van der Waals surface area contributed by atoms with Gasteiger partial charge in [0.25, 0.3) is 0 Å². The van der Waals surface area contributed by atoms with Crippen molar-refractivity contribution in [2.45, 2.75) is 31.6 Å². The SMILES string of the molecule is Cc1cc(S(=O)(=O)N2CCN(C(=O)C3CCN(c4ncccn4)CC3)CC2)c(C)s1. The number of aromatic nitrogens is 2. The van der Waals surface area contributed by atoms with Crippen LogP contribution >= 0.6 is 11.3 Å². The number of carbonyl (C=O) groups is 1. The minimum absolute atomic E-state index is 0.0186. The number of sulfonamides is 1. The number of piperazine rings is 1. The van der Waals surface area contributed by atoms with E-state index in [9.17, 15) is 13.2 Å². The highest BCUT2D eigenvalue weighted by molar-refractivity contribution is 7.89. The summed E-state index contributed by atoms with van der Waals surface area (Å²) in [6, 6.07) is 3.54. The summed E-state index contributed by atoms with van der Waals surface area (Å²) in [6.45, 7) is 6.86. The second-order valence-corrected chi connectivity index (χ2v) is 11.2. The van der Waals surface area contributed by atoms with Crippen LogP contribution in [0.2, 0.25) is 0 Å². The van der Waals surface area contributed by atoms with Crippen molar-refractivity contribution in [1.29, 1.82) is 0 Å². The first kappa shape index (κ1) is 21.2. The second kappa shape index (κ2) is 8.60. The van der Waals surface area contributed by atoms with Crippen LogP contribution in [0.1, 0.15) is 22.6 Å².